The van der Waals surface area contributed by atoms with E-state index in [0.29, 0.717) is 33.2 Å². The first-order chi connectivity index (χ1) is 31.2. The molecule has 0 radical (unpaired) electrons. The van der Waals surface area contributed by atoms with Gasteiger partial charge in [-0.15, -0.1) is 0 Å². The highest BCUT2D eigenvalue weighted by molar-refractivity contribution is 6.15. The Bertz CT molecular complexity index is 3580. The maximum absolute atomic E-state index is 9.66. The minimum absolute atomic E-state index is 0.0229. The van der Waals surface area contributed by atoms with Crippen LogP contribution in [0.5, 0.6) is 0 Å². The molecule has 9 aromatic carbocycles. The summed E-state index contributed by atoms with van der Waals surface area (Å²) in [7, 11) is 0. The molecule has 1 aromatic heterocycles. The molecule has 1 heterocycles. The maximum atomic E-state index is 9.66. The van der Waals surface area contributed by atoms with E-state index in [9.17, 15) is 11.0 Å². The zero-order valence-corrected chi connectivity index (χ0v) is 27.4. The van der Waals surface area contributed by atoms with Gasteiger partial charge in [-0.05, 0) is 92.4 Å². The van der Waals surface area contributed by atoms with Crippen LogP contribution in [0, 0.1) is 0 Å². The van der Waals surface area contributed by atoms with Crippen LogP contribution in [0.4, 0.5) is 17.1 Å². The molecule has 0 N–H and O–H groups in total. The molecular formula is C50H33NO. The van der Waals surface area contributed by atoms with Gasteiger partial charge < -0.3 is 9.32 Å². The van der Waals surface area contributed by atoms with E-state index in [0.717, 1.165) is 26.9 Å². The van der Waals surface area contributed by atoms with Crippen molar-refractivity contribution in [3.63, 3.8) is 0 Å². The Hall–Kier alpha value is -6.90. The van der Waals surface area contributed by atoms with Gasteiger partial charge in [-0.25, -0.2) is 0 Å². The fourth-order valence-corrected chi connectivity index (χ4v) is 6.85. The van der Waals surface area contributed by atoms with Gasteiger partial charge in [0.2, 0.25) is 0 Å². The third kappa shape index (κ3) is 5.12. The van der Waals surface area contributed by atoms with Crippen LogP contribution >= 0.6 is 0 Å². The summed E-state index contributed by atoms with van der Waals surface area (Å²) in [5, 5.41) is 5.08. The van der Waals surface area contributed by atoms with Crippen molar-refractivity contribution in [3.05, 3.63) is 200 Å². The van der Waals surface area contributed by atoms with Gasteiger partial charge in [-0.2, -0.15) is 0 Å². The molecule has 0 saturated heterocycles. The topological polar surface area (TPSA) is 16.4 Å². The number of hydrogen-bond donors (Lipinski definition) is 0. The van der Waals surface area contributed by atoms with Gasteiger partial charge in [-0.1, -0.05) is 151 Å². The van der Waals surface area contributed by atoms with Crippen molar-refractivity contribution in [2.45, 2.75) is 0 Å². The van der Waals surface area contributed by atoms with Crippen LogP contribution in [0.25, 0.3) is 76.9 Å². The molecule has 52 heavy (non-hydrogen) atoms. The second-order valence-electron chi connectivity index (χ2n) is 12.3. The lowest BCUT2D eigenvalue weighted by molar-refractivity contribution is 0.672. The first-order valence-corrected chi connectivity index (χ1v) is 16.7. The van der Waals surface area contributed by atoms with E-state index >= 15 is 0 Å². The van der Waals surface area contributed by atoms with Crippen molar-refractivity contribution in [1.82, 2.24) is 0 Å². The molecular weight excluding hydrogens is 631 g/mol. The van der Waals surface area contributed by atoms with E-state index in [2.05, 4.69) is 0 Å². The van der Waals surface area contributed by atoms with Gasteiger partial charge in [0.15, 0.2) is 0 Å². The Labute approximate surface area is 320 Å². The molecule has 0 aliphatic heterocycles. The molecule has 0 unspecified atom stereocenters. The minimum Gasteiger partial charge on any atom is -0.455 e. The number of rotatable bonds is 6. The summed E-state index contributed by atoms with van der Waals surface area (Å²) in [5.74, 6) is 0. The van der Waals surface area contributed by atoms with E-state index in [4.69, 9.17) is 11.3 Å². The molecule has 2 nitrogen and oxygen atoms in total. The number of fused-ring (bicyclic) bond motifs is 6. The SMILES string of the molecule is [2H]c1c([2H])c([2H])c(-c2c([2H])c([2H])c(N(c3ccccc3-c3ccc4oc5c6ccccc6ccc5c4c3)c3c([2H])c([2H])c(-c4cccc5ccccc45)c([2H])c3[2H])c([2H])c2[2H])c([2H])c1[2H]. The van der Waals surface area contributed by atoms with Crippen LogP contribution in [0.3, 0.4) is 0 Å². The normalized spacial score (nSPS) is 15.0. The zero-order valence-electron chi connectivity index (χ0n) is 40.4. The average molecular weight is 677 g/mol. The van der Waals surface area contributed by atoms with Crippen molar-refractivity contribution in [2.24, 2.45) is 0 Å². The van der Waals surface area contributed by atoms with Crippen molar-refractivity contribution < 1.29 is 22.2 Å². The van der Waals surface area contributed by atoms with Gasteiger partial charge in [-0.3, -0.25) is 0 Å². The molecule has 0 amide bonds. The van der Waals surface area contributed by atoms with Crippen LogP contribution in [0.2, 0.25) is 0 Å². The van der Waals surface area contributed by atoms with Gasteiger partial charge in [0.1, 0.15) is 11.2 Å². The van der Waals surface area contributed by atoms with Gasteiger partial charge in [0.25, 0.3) is 0 Å². The molecule has 0 saturated carbocycles. The Balaban J connectivity index is 1.27. The van der Waals surface area contributed by atoms with Crippen molar-refractivity contribution in [3.8, 4) is 33.4 Å². The smallest absolute Gasteiger partial charge is 0.143 e. The standard InChI is InChI=1S/C50H33NO/c1-2-11-34(12-3-1)35-21-27-40(28-22-35)51(41-29-23-38(24-30-41)43-19-10-15-36-13-4-6-16-42(36)43)48-20-9-8-17-44(48)39-26-32-49-47(33-39)46-31-25-37-14-5-7-18-45(37)50(46)52-49/h1-33H/i1D,2D,3D,11D,12D,21D,22D,23D,24D,27D,28D,29D,30D. The predicted molar refractivity (Wildman–Crippen MR) is 220 cm³/mol. The summed E-state index contributed by atoms with van der Waals surface area (Å²) >= 11 is 0. The quantitative estimate of drug-likeness (QED) is 0.174. The second-order valence-corrected chi connectivity index (χ2v) is 12.3. The van der Waals surface area contributed by atoms with E-state index in [-0.39, 0.29) is 16.9 Å². The zero-order chi connectivity index (χ0) is 45.7. The lowest BCUT2D eigenvalue weighted by Gasteiger charge is -2.28. The van der Waals surface area contributed by atoms with E-state index < -0.39 is 95.4 Å². The van der Waals surface area contributed by atoms with Gasteiger partial charge in [0, 0.05) is 33.1 Å². The number of furan rings is 1. The Morgan fingerprint density at radius 1 is 0.404 bits per heavy atom. The fraction of sp³-hybridized carbons (Fsp3) is 0. The largest absolute Gasteiger partial charge is 0.455 e. The molecule has 244 valence electrons. The fourth-order valence-electron chi connectivity index (χ4n) is 6.85. The minimum atomic E-state index is -0.747. The third-order valence-electron chi connectivity index (χ3n) is 9.30. The second kappa shape index (κ2) is 12.5. The van der Waals surface area contributed by atoms with Crippen molar-refractivity contribution >= 4 is 60.5 Å². The van der Waals surface area contributed by atoms with E-state index in [1.807, 2.05) is 84.9 Å². The van der Waals surface area contributed by atoms with Crippen LogP contribution in [0.15, 0.2) is 204 Å². The molecule has 0 aliphatic rings. The maximum Gasteiger partial charge on any atom is 0.143 e. The third-order valence-corrected chi connectivity index (χ3v) is 9.30. The highest BCUT2D eigenvalue weighted by atomic mass is 16.3. The molecule has 0 spiro atoms. The highest BCUT2D eigenvalue weighted by Gasteiger charge is 2.19. The monoisotopic (exact) mass is 676 g/mol. The van der Waals surface area contributed by atoms with Crippen molar-refractivity contribution in [1.29, 1.82) is 0 Å². The predicted octanol–water partition coefficient (Wildman–Crippen LogP) is 14.4. The van der Waals surface area contributed by atoms with E-state index in [1.54, 1.807) is 36.4 Å². The summed E-state index contributed by atoms with van der Waals surface area (Å²) in [6.45, 7) is 0. The molecule has 0 atom stereocenters. The Morgan fingerprint density at radius 3 is 1.81 bits per heavy atom. The Morgan fingerprint density at radius 2 is 1.02 bits per heavy atom. The number of anilines is 3. The number of nitrogens with zero attached hydrogens (tertiary/aromatic N) is 1. The Kier molecular flexibility index (Phi) is 4.67. The average Bonchev–Trinajstić information content (AvgIpc) is 3.71. The molecule has 10 aromatic rings. The summed E-state index contributed by atoms with van der Waals surface area (Å²) < 4.78 is 124. The number of para-hydroxylation sites is 1. The van der Waals surface area contributed by atoms with E-state index in [1.165, 1.54) is 4.90 Å². The van der Waals surface area contributed by atoms with Crippen LogP contribution in [-0.2, 0) is 0 Å². The number of benzene rings is 9. The summed E-state index contributed by atoms with van der Waals surface area (Å²) in [4.78, 5) is 1.21. The van der Waals surface area contributed by atoms with Gasteiger partial charge in [0.05, 0.1) is 23.5 Å². The van der Waals surface area contributed by atoms with Crippen LogP contribution < -0.4 is 4.90 Å². The van der Waals surface area contributed by atoms with Crippen molar-refractivity contribution in [2.75, 3.05) is 4.90 Å². The molecule has 10 rings (SSSR count). The van der Waals surface area contributed by atoms with Crippen LogP contribution in [0.1, 0.15) is 17.8 Å². The summed E-state index contributed by atoms with van der Waals surface area (Å²) in [6, 6.07) is 28.6. The highest BCUT2D eigenvalue weighted by Crippen LogP contribution is 2.44. The summed E-state index contributed by atoms with van der Waals surface area (Å²) in [6.07, 6.45) is 0. The molecule has 0 bridgehead atoms. The first-order valence-electron chi connectivity index (χ1n) is 23.2. The first kappa shape index (κ1) is 19.5. The van der Waals surface area contributed by atoms with Gasteiger partial charge >= 0.3 is 0 Å². The number of hydrogen-bond acceptors (Lipinski definition) is 2. The van der Waals surface area contributed by atoms with Crippen LogP contribution in [-0.4, -0.2) is 0 Å². The molecule has 0 fully saturated rings. The lowest BCUT2D eigenvalue weighted by atomic mass is 9.97. The molecule has 0 aliphatic carbocycles. The molecule has 2 heteroatoms. The summed E-state index contributed by atoms with van der Waals surface area (Å²) in [5.41, 5.74) is 1.16. The lowest BCUT2D eigenvalue weighted by Crippen LogP contribution is -2.11.